The maximum atomic E-state index is 13.1. The van der Waals surface area contributed by atoms with Crippen molar-refractivity contribution in [1.82, 2.24) is 9.38 Å². The van der Waals surface area contributed by atoms with Crippen LogP contribution in [0.2, 0.25) is 0 Å². The van der Waals surface area contributed by atoms with Crippen LogP contribution in [-0.4, -0.2) is 34.6 Å². The van der Waals surface area contributed by atoms with Crippen molar-refractivity contribution in [3.8, 4) is 17.0 Å². The van der Waals surface area contributed by atoms with Crippen LogP contribution in [0, 0.1) is 6.92 Å². The van der Waals surface area contributed by atoms with Gasteiger partial charge in [0.15, 0.2) is 0 Å². The molecule has 1 N–H and O–H groups in total. The van der Waals surface area contributed by atoms with Gasteiger partial charge in [0.2, 0.25) is 0 Å². The molecular weight excluding hydrogens is 402 g/mol. The third-order valence-electron chi connectivity index (χ3n) is 5.70. The van der Waals surface area contributed by atoms with Crippen LogP contribution in [0.25, 0.3) is 16.9 Å². The molecule has 0 bridgehead atoms. The van der Waals surface area contributed by atoms with Gasteiger partial charge in [0.1, 0.15) is 29.5 Å². The Bertz CT molecular complexity index is 1230. The average Bonchev–Trinajstić information content (AvgIpc) is 3.48. The fourth-order valence-corrected chi connectivity index (χ4v) is 3.97. The first-order valence-electron chi connectivity index (χ1n) is 10.9. The van der Waals surface area contributed by atoms with E-state index < -0.39 is 0 Å². The van der Waals surface area contributed by atoms with Gasteiger partial charge in [0, 0.05) is 23.9 Å². The van der Waals surface area contributed by atoms with Crippen molar-refractivity contribution < 1.29 is 14.3 Å². The number of anilines is 1. The van der Waals surface area contributed by atoms with E-state index in [4.69, 9.17) is 14.5 Å². The minimum atomic E-state index is -0.198. The molecule has 6 nitrogen and oxygen atoms in total. The summed E-state index contributed by atoms with van der Waals surface area (Å²) in [5.74, 6) is 1.18. The number of amides is 1. The van der Waals surface area contributed by atoms with Gasteiger partial charge in [-0.05, 0) is 55.7 Å². The number of nitrogens with zero attached hydrogens (tertiary/aromatic N) is 2. The molecule has 2 aromatic carbocycles. The van der Waals surface area contributed by atoms with E-state index in [-0.39, 0.29) is 12.0 Å². The molecule has 1 atom stereocenters. The summed E-state index contributed by atoms with van der Waals surface area (Å²) in [5.41, 5.74) is 4.10. The Morgan fingerprint density at radius 2 is 1.94 bits per heavy atom. The molecule has 4 aromatic rings. The van der Waals surface area contributed by atoms with Gasteiger partial charge < -0.3 is 14.8 Å². The largest absolute Gasteiger partial charge is 0.491 e. The number of benzene rings is 2. The second kappa shape index (κ2) is 8.85. The predicted octanol–water partition coefficient (Wildman–Crippen LogP) is 5.12. The van der Waals surface area contributed by atoms with Gasteiger partial charge in [-0.25, -0.2) is 4.98 Å². The Balaban J connectivity index is 1.39. The normalized spacial score (nSPS) is 15.7. The molecule has 0 unspecified atom stereocenters. The Morgan fingerprint density at radius 1 is 1.12 bits per heavy atom. The maximum absolute atomic E-state index is 13.1. The molecule has 0 spiro atoms. The summed E-state index contributed by atoms with van der Waals surface area (Å²) < 4.78 is 13.3. The molecule has 3 heterocycles. The number of nitrogens with one attached hydrogen (secondary N) is 1. The maximum Gasteiger partial charge on any atom is 0.256 e. The van der Waals surface area contributed by atoms with Crippen LogP contribution in [0.1, 0.15) is 28.8 Å². The fraction of sp³-hybridized carbons (Fsp3) is 0.231. The number of aromatic nitrogens is 2. The highest BCUT2D eigenvalue weighted by atomic mass is 16.5. The summed E-state index contributed by atoms with van der Waals surface area (Å²) >= 11 is 0. The Morgan fingerprint density at radius 3 is 2.69 bits per heavy atom. The van der Waals surface area contributed by atoms with Crippen molar-refractivity contribution in [2.45, 2.75) is 25.9 Å². The highest BCUT2D eigenvalue weighted by molar-refractivity contribution is 6.05. The number of aryl methyl sites for hydroxylation is 1. The standard InChI is InChI=1S/C26H25N3O3/c1-18-7-5-15-29-24(18)27-23(19-8-3-2-4-9-19)25(29)28-26(30)20-11-13-21(14-12-20)32-17-22-10-6-16-31-22/h2-5,7-9,11-15,22H,6,10,16-17H2,1H3,(H,28,30)/t22-/m0/s1. The zero-order valence-corrected chi connectivity index (χ0v) is 18.0. The van der Waals surface area contributed by atoms with Gasteiger partial charge in [0.05, 0.1) is 6.10 Å². The summed E-state index contributed by atoms with van der Waals surface area (Å²) in [4.78, 5) is 17.9. The first-order chi connectivity index (χ1) is 15.7. The lowest BCUT2D eigenvalue weighted by molar-refractivity contribution is 0.0679. The molecule has 0 aliphatic carbocycles. The Hall–Kier alpha value is -3.64. The molecule has 32 heavy (non-hydrogen) atoms. The summed E-state index contributed by atoms with van der Waals surface area (Å²) in [5, 5.41) is 3.07. The van der Waals surface area contributed by atoms with Gasteiger partial charge in [-0.2, -0.15) is 0 Å². The molecular formula is C26H25N3O3. The number of carbonyl (C=O) groups excluding carboxylic acids is 1. The molecule has 0 saturated carbocycles. The molecule has 2 aromatic heterocycles. The van der Waals surface area contributed by atoms with Crippen LogP contribution in [0.5, 0.6) is 5.75 Å². The van der Waals surface area contributed by atoms with Crippen molar-refractivity contribution in [3.05, 3.63) is 84.1 Å². The van der Waals surface area contributed by atoms with E-state index in [1.54, 1.807) is 12.1 Å². The van der Waals surface area contributed by atoms with Crippen LogP contribution >= 0.6 is 0 Å². The number of fused-ring (bicyclic) bond motifs is 1. The van der Waals surface area contributed by atoms with Crippen LogP contribution in [-0.2, 0) is 4.74 Å². The average molecular weight is 428 g/mol. The van der Waals surface area contributed by atoms with Gasteiger partial charge >= 0.3 is 0 Å². The first-order valence-corrected chi connectivity index (χ1v) is 10.9. The van der Waals surface area contributed by atoms with Crippen LogP contribution in [0.3, 0.4) is 0 Å². The highest BCUT2D eigenvalue weighted by Gasteiger charge is 2.19. The van der Waals surface area contributed by atoms with Crippen molar-refractivity contribution >= 4 is 17.4 Å². The van der Waals surface area contributed by atoms with E-state index in [9.17, 15) is 4.79 Å². The van der Waals surface area contributed by atoms with E-state index in [1.165, 1.54) is 0 Å². The highest BCUT2D eigenvalue weighted by Crippen LogP contribution is 2.30. The molecule has 1 aliphatic rings. The predicted molar refractivity (Wildman–Crippen MR) is 124 cm³/mol. The van der Waals surface area contributed by atoms with Gasteiger partial charge in [-0.3, -0.25) is 9.20 Å². The summed E-state index contributed by atoms with van der Waals surface area (Å²) in [6.07, 6.45) is 4.19. The van der Waals surface area contributed by atoms with Crippen LogP contribution in [0.15, 0.2) is 72.9 Å². The lowest BCUT2D eigenvalue weighted by atomic mass is 10.1. The van der Waals surface area contributed by atoms with Crippen molar-refractivity contribution in [2.24, 2.45) is 0 Å². The first kappa shape index (κ1) is 20.3. The summed E-state index contributed by atoms with van der Waals surface area (Å²) in [6.45, 7) is 3.35. The van der Waals surface area contributed by atoms with Crippen molar-refractivity contribution in [2.75, 3.05) is 18.5 Å². The Labute approximate surface area is 186 Å². The minimum Gasteiger partial charge on any atom is -0.491 e. The Kier molecular flexibility index (Phi) is 5.60. The summed E-state index contributed by atoms with van der Waals surface area (Å²) in [7, 11) is 0. The fourth-order valence-electron chi connectivity index (χ4n) is 3.97. The molecule has 1 saturated heterocycles. The van der Waals surface area contributed by atoms with E-state index in [1.807, 2.05) is 72.1 Å². The van der Waals surface area contributed by atoms with Crippen LogP contribution < -0.4 is 10.1 Å². The third-order valence-corrected chi connectivity index (χ3v) is 5.70. The number of hydrogen-bond donors (Lipinski definition) is 1. The molecule has 1 aliphatic heterocycles. The topological polar surface area (TPSA) is 64.9 Å². The van der Waals surface area contributed by atoms with Gasteiger partial charge in [-0.1, -0.05) is 36.4 Å². The quantitative estimate of drug-likeness (QED) is 0.464. The molecule has 1 fully saturated rings. The molecule has 1 amide bonds. The summed E-state index contributed by atoms with van der Waals surface area (Å²) in [6, 6.07) is 21.0. The second-order valence-electron chi connectivity index (χ2n) is 7.98. The van der Waals surface area contributed by atoms with E-state index in [2.05, 4.69) is 5.32 Å². The smallest absolute Gasteiger partial charge is 0.256 e. The van der Waals surface area contributed by atoms with Gasteiger partial charge in [-0.15, -0.1) is 0 Å². The lowest BCUT2D eigenvalue weighted by Gasteiger charge is -2.12. The minimum absolute atomic E-state index is 0.160. The van der Waals surface area contributed by atoms with E-state index in [0.717, 1.165) is 47.7 Å². The van der Waals surface area contributed by atoms with E-state index >= 15 is 0 Å². The molecule has 5 rings (SSSR count). The number of carbonyl (C=O) groups is 1. The second-order valence-corrected chi connectivity index (χ2v) is 7.98. The zero-order valence-electron chi connectivity index (χ0n) is 18.0. The van der Waals surface area contributed by atoms with Crippen LogP contribution in [0.4, 0.5) is 5.82 Å². The number of ether oxygens (including phenoxy) is 2. The molecule has 162 valence electrons. The van der Waals surface area contributed by atoms with Crippen molar-refractivity contribution in [3.63, 3.8) is 0 Å². The number of imidazole rings is 1. The zero-order chi connectivity index (χ0) is 21.9. The number of pyridine rings is 1. The van der Waals surface area contributed by atoms with Gasteiger partial charge in [0.25, 0.3) is 5.91 Å². The van der Waals surface area contributed by atoms with Crippen molar-refractivity contribution in [1.29, 1.82) is 0 Å². The SMILES string of the molecule is Cc1cccn2c(NC(=O)c3ccc(OC[C@@H]4CCCO4)cc3)c(-c3ccccc3)nc12. The third kappa shape index (κ3) is 4.09. The van der Waals surface area contributed by atoms with E-state index in [0.29, 0.717) is 18.0 Å². The number of rotatable bonds is 6. The number of hydrogen-bond acceptors (Lipinski definition) is 4. The lowest BCUT2D eigenvalue weighted by Crippen LogP contribution is -2.16. The monoisotopic (exact) mass is 427 g/mol. The molecule has 6 heteroatoms. The molecule has 0 radical (unpaired) electrons.